The molecule has 1 amide bonds. The summed E-state index contributed by atoms with van der Waals surface area (Å²) >= 11 is 5.85. The Hall–Kier alpha value is -1.83. The zero-order chi connectivity index (χ0) is 14.5. The predicted molar refractivity (Wildman–Crippen MR) is 72.2 cm³/mol. The number of nitrogens with zero attached hydrogens (tertiary/aromatic N) is 4. The van der Waals surface area contributed by atoms with Gasteiger partial charge < -0.3 is 19.7 Å². The van der Waals surface area contributed by atoms with E-state index in [4.69, 9.17) is 16.3 Å². The zero-order valence-corrected chi connectivity index (χ0v) is 12.1. The molecule has 2 heterocycles. The Morgan fingerprint density at radius 2 is 2.30 bits per heavy atom. The number of aromatic nitrogens is 3. The molecule has 110 valence electrons. The molecule has 1 fully saturated rings. The number of nitrogens with one attached hydrogen (secondary N) is 1. The third kappa shape index (κ3) is 3.60. The van der Waals surface area contributed by atoms with Crippen molar-refractivity contribution in [2.75, 3.05) is 31.7 Å². The summed E-state index contributed by atoms with van der Waals surface area (Å²) in [5, 5.41) is 2.83. The largest absolute Gasteiger partial charge is 0.464 e. The minimum atomic E-state index is -0.444. The number of methoxy groups -OCH3 is 1. The van der Waals surface area contributed by atoms with E-state index < -0.39 is 6.09 Å². The van der Waals surface area contributed by atoms with E-state index in [1.165, 1.54) is 7.11 Å². The van der Waals surface area contributed by atoms with Crippen molar-refractivity contribution in [2.24, 2.45) is 0 Å². The minimum Gasteiger partial charge on any atom is -0.464 e. The molecule has 20 heavy (non-hydrogen) atoms. The molecule has 0 aliphatic carbocycles. The molecule has 1 N–H and O–H groups in total. The summed E-state index contributed by atoms with van der Waals surface area (Å²) in [6, 6.07) is 0.195. The van der Waals surface area contributed by atoms with Crippen LogP contribution in [0.15, 0.2) is 0 Å². The fraction of sp³-hybridized carbons (Fsp3) is 0.636. The van der Waals surface area contributed by atoms with Gasteiger partial charge >= 0.3 is 12.1 Å². The molecule has 1 unspecified atom stereocenters. The molecule has 1 aromatic rings. The van der Waals surface area contributed by atoms with Crippen molar-refractivity contribution in [1.29, 1.82) is 0 Å². The molecule has 1 aliphatic rings. The highest BCUT2D eigenvalue weighted by molar-refractivity contribution is 6.28. The van der Waals surface area contributed by atoms with Gasteiger partial charge in [-0.2, -0.15) is 15.0 Å². The average molecular weight is 302 g/mol. The number of rotatable bonds is 4. The summed E-state index contributed by atoms with van der Waals surface area (Å²) < 4.78 is 9.80. The molecule has 2 rings (SSSR count). The van der Waals surface area contributed by atoms with Crippen molar-refractivity contribution in [1.82, 2.24) is 20.3 Å². The van der Waals surface area contributed by atoms with Crippen LogP contribution in [-0.2, 0) is 4.74 Å². The molecule has 0 bridgehead atoms. The summed E-state index contributed by atoms with van der Waals surface area (Å²) in [4.78, 5) is 25.2. The van der Waals surface area contributed by atoms with Gasteiger partial charge in [0.2, 0.25) is 11.2 Å². The topological polar surface area (TPSA) is 89.5 Å². The lowest BCUT2D eigenvalue weighted by atomic mass is 10.3. The standard InChI is InChI=1S/C11H16ClN5O3/c1-3-20-10-15-8(12)14-9(16-10)17-5-4-7(6-17)13-11(18)19-2/h7H,3-6H2,1-2H3,(H,13,18). The second kappa shape index (κ2) is 6.56. The lowest BCUT2D eigenvalue weighted by molar-refractivity contribution is 0.167. The fourth-order valence-electron chi connectivity index (χ4n) is 1.94. The molecule has 1 saturated heterocycles. The first-order valence-electron chi connectivity index (χ1n) is 6.26. The summed E-state index contributed by atoms with van der Waals surface area (Å²) in [6.07, 6.45) is 0.336. The average Bonchev–Trinajstić information content (AvgIpc) is 2.87. The van der Waals surface area contributed by atoms with E-state index >= 15 is 0 Å². The SMILES string of the molecule is CCOc1nc(Cl)nc(N2CCC(NC(=O)OC)C2)n1. The maximum Gasteiger partial charge on any atom is 0.407 e. The van der Waals surface area contributed by atoms with Crippen LogP contribution in [-0.4, -0.2) is 53.9 Å². The number of hydrogen-bond donors (Lipinski definition) is 1. The van der Waals surface area contributed by atoms with Crippen molar-refractivity contribution in [3.05, 3.63) is 5.28 Å². The molecule has 0 spiro atoms. The molecule has 9 heteroatoms. The first kappa shape index (κ1) is 14.6. The highest BCUT2D eigenvalue weighted by Crippen LogP contribution is 2.19. The fourth-order valence-corrected chi connectivity index (χ4v) is 2.09. The van der Waals surface area contributed by atoms with E-state index in [1.807, 2.05) is 11.8 Å². The highest BCUT2D eigenvalue weighted by Gasteiger charge is 2.26. The third-order valence-electron chi connectivity index (χ3n) is 2.83. The van der Waals surface area contributed by atoms with Crippen LogP contribution in [0.3, 0.4) is 0 Å². The van der Waals surface area contributed by atoms with Crippen LogP contribution < -0.4 is 15.0 Å². The van der Waals surface area contributed by atoms with Crippen molar-refractivity contribution in [3.63, 3.8) is 0 Å². The van der Waals surface area contributed by atoms with Gasteiger partial charge in [-0.25, -0.2) is 4.79 Å². The Kier molecular flexibility index (Phi) is 4.78. The Morgan fingerprint density at radius 1 is 1.50 bits per heavy atom. The molecule has 0 radical (unpaired) electrons. The van der Waals surface area contributed by atoms with Crippen LogP contribution >= 0.6 is 11.6 Å². The van der Waals surface area contributed by atoms with Gasteiger partial charge in [-0.15, -0.1) is 0 Å². The normalized spacial score (nSPS) is 17.9. The third-order valence-corrected chi connectivity index (χ3v) is 3.00. The van der Waals surface area contributed by atoms with Gasteiger partial charge in [-0.3, -0.25) is 0 Å². The molecule has 1 atom stereocenters. The Morgan fingerprint density at radius 3 is 3.00 bits per heavy atom. The van der Waals surface area contributed by atoms with Gasteiger partial charge in [0, 0.05) is 13.1 Å². The Bertz CT molecular complexity index is 487. The molecule has 1 aliphatic heterocycles. The lowest BCUT2D eigenvalue weighted by Crippen LogP contribution is -2.37. The van der Waals surface area contributed by atoms with E-state index in [2.05, 4.69) is 25.0 Å². The van der Waals surface area contributed by atoms with Crippen molar-refractivity contribution in [2.45, 2.75) is 19.4 Å². The number of halogens is 1. The first-order chi connectivity index (χ1) is 9.62. The number of hydrogen-bond acceptors (Lipinski definition) is 7. The molecular formula is C11H16ClN5O3. The van der Waals surface area contributed by atoms with Gasteiger partial charge in [-0.05, 0) is 24.9 Å². The van der Waals surface area contributed by atoms with Crippen LogP contribution in [0, 0.1) is 0 Å². The summed E-state index contributed by atoms with van der Waals surface area (Å²) in [6.45, 7) is 3.58. The summed E-state index contributed by atoms with van der Waals surface area (Å²) in [5.74, 6) is 0.447. The van der Waals surface area contributed by atoms with Crippen LogP contribution in [0.2, 0.25) is 5.28 Å². The van der Waals surface area contributed by atoms with E-state index in [-0.39, 0.29) is 17.3 Å². The van der Waals surface area contributed by atoms with Crippen molar-refractivity contribution < 1.29 is 14.3 Å². The first-order valence-corrected chi connectivity index (χ1v) is 6.64. The predicted octanol–water partition coefficient (Wildman–Crippen LogP) is 0.858. The maximum absolute atomic E-state index is 11.2. The molecular weight excluding hydrogens is 286 g/mol. The van der Waals surface area contributed by atoms with Crippen LogP contribution in [0.4, 0.5) is 10.7 Å². The van der Waals surface area contributed by atoms with Crippen LogP contribution in [0.25, 0.3) is 0 Å². The van der Waals surface area contributed by atoms with E-state index in [0.29, 0.717) is 25.6 Å². The van der Waals surface area contributed by atoms with Gasteiger partial charge in [-0.1, -0.05) is 0 Å². The van der Waals surface area contributed by atoms with E-state index in [1.54, 1.807) is 0 Å². The van der Waals surface area contributed by atoms with Gasteiger partial charge in [0.1, 0.15) is 0 Å². The van der Waals surface area contributed by atoms with Gasteiger partial charge in [0.05, 0.1) is 19.8 Å². The highest BCUT2D eigenvalue weighted by atomic mass is 35.5. The number of amides is 1. The van der Waals surface area contributed by atoms with Crippen LogP contribution in [0.5, 0.6) is 6.01 Å². The number of carbonyl (C=O) groups is 1. The van der Waals surface area contributed by atoms with Crippen molar-refractivity contribution >= 4 is 23.6 Å². The number of alkyl carbamates (subject to hydrolysis) is 1. The Labute approximate surface area is 121 Å². The molecule has 8 nitrogen and oxygen atoms in total. The number of anilines is 1. The molecule has 1 aromatic heterocycles. The smallest absolute Gasteiger partial charge is 0.407 e. The maximum atomic E-state index is 11.2. The number of carbonyl (C=O) groups excluding carboxylic acids is 1. The molecule has 0 saturated carbocycles. The van der Waals surface area contributed by atoms with Gasteiger partial charge in [0.25, 0.3) is 0 Å². The van der Waals surface area contributed by atoms with Crippen molar-refractivity contribution in [3.8, 4) is 6.01 Å². The van der Waals surface area contributed by atoms with E-state index in [9.17, 15) is 4.79 Å². The quantitative estimate of drug-likeness (QED) is 0.882. The minimum absolute atomic E-state index is 0.00599. The number of ether oxygens (including phenoxy) is 2. The zero-order valence-electron chi connectivity index (χ0n) is 11.3. The van der Waals surface area contributed by atoms with Crippen LogP contribution in [0.1, 0.15) is 13.3 Å². The summed E-state index contributed by atoms with van der Waals surface area (Å²) in [5.41, 5.74) is 0. The Balaban J connectivity index is 2.04. The monoisotopic (exact) mass is 301 g/mol. The van der Waals surface area contributed by atoms with Gasteiger partial charge in [0.15, 0.2) is 0 Å². The van der Waals surface area contributed by atoms with E-state index in [0.717, 1.165) is 6.42 Å². The second-order valence-electron chi connectivity index (χ2n) is 4.19. The second-order valence-corrected chi connectivity index (χ2v) is 4.53. The lowest BCUT2D eigenvalue weighted by Gasteiger charge is -2.17. The summed E-state index contributed by atoms with van der Waals surface area (Å²) in [7, 11) is 1.34. The molecule has 0 aromatic carbocycles.